The lowest BCUT2D eigenvalue weighted by molar-refractivity contribution is -0.116. The highest BCUT2D eigenvalue weighted by Gasteiger charge is 2.14. The number of rotatable bonds is 7. The Hall–Kier alpha value is -3.93. The molecule has 0 radical (unpaired) electrons. The molecule has 4 rings (SSSR count). The van der Waals surface area contributed by atoms with Gasteiger partial charge in [0, 0.05) is 35.0 Å². The lowest BCUT2D eigenvalue weighted by atomic mass is 10.0. The number of carbonyl (C=O) groups excluding carboxylic acids is 1. The van der Waals surface area contributed by atoms with E-state index in [4.69, 9.17) is 9.15 Å². The summed E-state index contributed by atoms with van der Waals surface area (Å²) in [4.78, 5) is 29.5. The standard InChI is InChI=1S/C26H24N2O4/c1-16(2)15-31-18-9-10-19-17(3)20(26(30)32-24(19)14-18)11-12-25(29)28-23-8-4-7-22-21(23)6-5-13-27-22/h4-10,13-14H,1,11-12,15H2,2-3H3,(H,28,29). The van der Waals surface area contributed by atoms with E-state index in [1.807, 2.05) is 56.3 Å². The second-order valence-corrected chi connectivity index (χ2v) is 7.82. The van der Waals surface area contributed by atoms with Crippen LogP contribution < -0.4 is 15.7 Å². The van der Waals surface area contributed by atoms with Gasteiger partial charge >= 0.3 is 5.63 Å². The molecule has 2 aromatic heterocycles. The van der Waals surface area contributed by atoms with Crippen molar-refractivity contribution in [3.05, 3.63) is 88.4 Å². The molecule has 0 saturated heterocycles. The molecule has 0 unspecified atom stereocenters. The Balaban J connectivity index is 1.51. The summed E-state index contributed by atoms with van der Waals surface area (Å²) in [6.45, 7) is 7.96. The average molecular weight is 428 g/mol. The van der Waals surface area contributed by atoms with E-state index in [-0.39, 0.29) is 18.7 Å². The molecule has 0 bridgehead atoms. The summed E-state index contributed by atoms with van der Waals surface area (Å²) in [6, 6.07) is 14.7. The third kappa shape index (κ3) is 4.54. The summed E-state index contributed by atoms with van der Waals surface area (Å²) in [7, 11) is 0. The zero-order valence-electron chi connectivity index (χ0n) is 18.1. The Morgan fingerprint density at radius 2 is 2.00 bits per heavy atom. The van der Waals surface area contributed by atoms with E-state index in [1.165, 1.54) is 0 Å². The van der Waals surface area contributed by atoms with E-state index in [9.17, 15) is 9.59 Å². The number of ether oxygens (including phenoxy) is 1. The third-order valence-electron chi connectivity index (χ3n) is 5.27. The van der Waals surface area contributed by atoms with Crippen LogP contribution >= 0.6 is 0 Å². The van der Waals surface area contributed by atoms with Gasteiger partial charge in [0.25, 0.3) is 0 Å². The van der Waals surface area contributed by atoms with Gasteiger partial charge in [0.05, 0.1) is 11.2 Å². The van der Waals surface area contributed by atoms with Gasteiger partial charge in [-0.05, 0) is 67.8 Å². The number of benzene rings is 2. The number of anilines is 1. The number of carbonyl (C=O) groups is 1. The van der Waals surface area contributed by atoms with E-state index in [0.29, 0.717) is 29.2 Å². The second kappa shape index (κ2) is 9.06. The first kappa shape index (κ1) is 21.3. The van der Waals surface area contributed by atoms with Gasteiger partial charge in [-0.25, -0.2) is 4.79 Å². The molecule has 4 aromatic rings. The van der Waals surface area contributed by atoms with Crippen LogP contribution in [0.3, 0.4) is 0 Å². The number of hydrogen-bond acceptors (Lipinski definition) is 5. The van der Waals surface area contributed by atoms with E-state index < -0.39 is 5.63 Å². The molecule has 2 heterocycles. The Morgan fingerprint density at radius 1 is 1.16 bits per heavy atom. The minimum Gasteiger partial charge on any atom is -0.489 e. The Labute approximate surface area is 185 Å². The largest absolute Gasteiger partial charge is 0.489 e. The van der Waals surface area contributed by atoms with Crippen LogP contribution in [0.5, 0.6) is 5.75 Å². The maximum absolute atomic E-state index is 12.6. The number of amides is 1. The highest BCUT2D eigenvalue weighted by Crippen LogP contribution is 2.25. The molecule has 0 fully saturated rings. The maximum atomic E-state index is 12.6. The first-order valence-corrected chi connectivity index (χ1v) is 10.4. The molecule has 1 N–H and O–H groups in total. The molecule has 0 saturated carbocycles. The fourth-order valence-corrected chi connectivity index (χ4v) is 3.62. The van der Waals surface area contributed by atoms with Gasteiger partial charge in [-0.15, -0.1) is 0 Å². The fourth-order valence-electron chi connectivity index (χ4n) is 3.62. The third-order valence-corrected chi connectivity index (χ3v) is 5.27. The van der Waals surface area contributed by atoms with E-state index in [2.05, 4.69) is 16.9 Å². The molecule has 6 nitrogen and oxygen atoms in total. The van der Waals surface area contributed by atoms with Crippen molar-refractivity contribution >= 4 is 33.5 Å². The van der Waals surface area contributed by atoms with Crippen LogP contribution in [0.4, 0.5) is 5.69 Å². The average Bonchev–Trinajstić information content (AvgIpc) is 2.77. The lowest BCUT2D eigenvalue weighted by Crippen LogP contribution is -2.16. The number of pyridine rings is 1. The molecular weight excluding hydrogens is 404 g/mol. The smallest absolute Gasteiger partial charge is 0.339 e. The van der Waals surface area contributed by atoms with Crippen molar-refractivity contribution in [3.8, 4) is 5.75 Å². The SMILES string of the molecule is C=C(C)COc1ccc2c(C)c(CCC(=O)Nc3cccc4ncccc34)c(=O)oc2c1. The summed E-state index contributed by atoms with van der Waals surface area (Å²) in [5.41, 5.74) is 3.74. The molecule has 162 valence electrons. The molecule has 0 aliphatic heterocycles. The van der Waals surface area contributed by atoms with Crippen LogP contribution in [0, 0.1) is 6.92 Å². The first-order chi connectivity index (χ1) is 15.4. The fraction of sp³-hybridized carbons (Fsp3) is 0.192. The molecule has 0 spiro atoms. The van der Waals surface area contributed by atoms with Gasteiger partial charge in [-0.3, -0.25) is 9.78 Å². The molecule has 0 aliphatic carbocycles. The predicted molar refractivity (Wildman–Crippen MR) is 126 cm³/mol. The number of aryl methyl sites for hydroxylation is 1. The van der Waals surface area contributed by atoms with Crippen molar-refractivity contribution in [1.82, 2.24) is 4.98 Å². The minimum absolute atomic E-state index is 0.160. The molecule has 32 heavy (non-hydrogen) atoms. The number of hydrogen-bond donors (Lipinski definition) is 1. The van der Waals surface area contributed by atoms with Crippen molar-refractivity contribution in [1.29, 1.82) is 0 Å². The van der Waals surface area contributed by atoms with Crippen molar-refractivity contribution in [2.24, 2.45) is 0 Å². The molecule has 6 heteroatoms. The monoisotopic (exact) mass is 428 g/mol. The predicted octanol–water partition coefficient (Wildman–Crippen LogP) is 5.18. The summed E-state index contributed by atoms with van der Waals surface area (Å²) >= 11 is 0. The quantitative estimate of drug-likeness (QED) is 0.324. The van der Waals surface area contributed by atoms with Crippen LogP contribution in [0.25, 0.3) is 21.9 Å². The van der Waals surface area contributed by atoms with Crippen LogP contribution in [0.2, 0.25) is 0 Å². The van der Waals surface area contributed by atoms with Crippen molar-refractivity contribution in [2.75, 3.05) is 11.9 Å². The topological polar surface area (TPSA) is 81.4 Å². The summed E-state index contributed by atoms with van der Waals surface area (Å²) in [5.74, 6) is 0.434. The highest BCUT2D eigenvalue weighted by atomic mass is 16.5. The maximum Gasteiger partial charge on any atom is 0.339 e. The van der Waals surface area contributed by atoms with Crippen LogP contribution in [0.15, 0.2) is 76.1 Å². The molecule has 0 aliphatic rings. The van der Waals surface area contributed by atoms with Crippen molar-refractivity contribution < 1.29 is 13.9 Å². The van der Waals surface area contributed by atoms with E-state index in [1.54, 1.807) is 12.3 Å². The van der Waals surface area contributed by atoms with E-state index >= 15 is 0 Å². The molecule has 0 atom stereocenters. The molecule has 1 amide bonds. The summed E-state index contributed by atoms with van der Waals surface area (Å²) in [6.07, 6.45) is 2.16. The van der Waals surface area contributed by atoms with Gasteiger partial charge in [-0.1, -0.05) is 12.6 Å². The first-order valence-electron chi connectivity index (χ1n) is 10.4. The van der Waals surface area contributed by atoms with Gasteiger partial charge in [0.2, 0.25) is 5.91 Å². The molecule has 2 aromatic carbocycles. The second-order valence-electron chi connectivity index (χ2n) is 7.82. The van der Waals surface area contributed by atoms with Crippen LogP contribution in [-0.2, 0) is 11.2 Å². The van der Waals surface area contributed by atoms with Crippen LogP contribution in [-0.4, -0.2) is 17.5 Å². The summed E-state index contributed by atoms with van der Waals surface area (Å²) in [5, 5.41) is 4.62. The van der Waals surface area contributed by atoms with Gasteiger partial charge in [0.1, 0.15) is 17.9 Å². The minimum atomic E-state index is -0.436. The van der Waals surface area contributed by atoms with Gasteiger partial charge in [0.15, 0.2) is 0 Å². The Morgan fingerprint density at radius 3 is 2.81 bits per heavy atom. The number of fused-ring (bicyclic) bond motifs is 2. The highest BCUT2D eigenvalue weighted by molar-refractivity contribution is 6.01. The number of aromatic nitrogens is 1. The van der Waals surface area contributed by atoms with Crippen molar-refractivity contribution in [3.63, 3.8) is 0 Å². The van der Waals surface area contributed by atoms with Gasteiger partial charge in [-0.2, -0.15) is 0 Å². The normalized spacial score (nSPS) is 10.9. The van der Waals surface area contributed by atoms with Crippen LogP contribution in [0.1, 0.15) is 24.5 Å². The van der Waals surface area contributed by atoms with Gasteiger partial charge < -0.3 is 14.5 Å². The summed E-state index contributed by atoms with van der Waals surface area (Å²) < 4.78 is 11.2. The zero-order chi connectivity index (χ0) is 22.7. The zero-order valence-corrected chi connectivity index (χ0v) is 18.1. The molecular formula is C26H24N2O4. The van der Waals surface area contributed by atoms with Crippen molar-refractivity contribution in [2.45, 2.75) is 26.7 Å². The number of nitrogens with one attached hydrogen (secondary N) is 1. The van der Waals surface area contributed by atoms with E-state index in [0.717, 1.165) is 27.4 Å². The Bertz CT molecular complexity index is 1380. The lowest BCUT2D eigenvalue weighted by Gasteiger charge is -2.11. The number of nitrogens with zero attached hydrogens (tertiary/aromatic N) is 1. The Kier molecular flexibility index (Phi) is 6.03.